The average Bonchev–Trinajstić information content (AvgIpc) is 2.30. The molecule has 2 rings (SSSR count). The molecule has 0 aliphatic rings. The van der Waals surface area contributed by atoms with Crippen LogP contribution in [0.15, 0.2) is 54.6 Å². The number of benzene rings is 2. The van der Waals surface area contributed by atoms with Crippen LogP contribution in [0.2, 0.25) is 0 Å². The van der Waals surface area contributed by atoms with E-state index in [0.29, 0.717) is 6.04 Å². The van der Waals surface area contributed by atoms with E-state index >= 15 is 0 Å². The fourth-order valence-electron chi connectivity index (χ4n) is 1.81. The first kappa shape index (κ1) is 10.7. The number of rotatable bonds is 3. The minimum atomic E-state index is 0.336. The van der Waals surface area contributed by atoms with Gasteiger partial charge in [-0.2, -0.15) is 0 Å². The molecule has 0 aliphatic heterocycles. The van der Waals surface area contributed by atoms with Gasteiger partial charge in [0.2, 0.25) is 0 Å². The Balaban J connectivity index is 2.11. The Bertz CT molecular complexity index is 448. The van der Waals surface area contributed by atoms with Gasteiger partial charge in [0, 0.05) is 11.7 Å². The lowest BCUT2D eigenvalue weighted by atomic mass is 10.1. The molecular formula is C15H17N. The molecule has 0 unspecified atom stereocenters. The molecule has 1 heteroatoms. The Kier molecular flexibility index (Phi) is 3.25. The van der Waals surface area contributed by atoms with E-state index in [1.807, 2.05) is 6.07 Å². The third-order valence-electron chi connectivity index (χ3n) is 2.70. The van der Waals surface area contributed by atoms with Crippen molar-refractivity contribution in [3.63, 3.8) is 0 Å². The minimum Gasteiger partial charge on any atom is -0.379 e. The summed E-state index contributed by atoms with van der Waals surface area (Å²) in [5.74, 6) is 0. The number of aryl methyl sites for hydroxylation is 1. The Hall–Kier alpha value is -1.76. The number of hydrogen-bond acceptors (Lipinski definition) is 1. The first-order valence-electron chi connectivity index (χ1n) is 5.64. The van der Waals surface area contributed by atoms with Crippen LogP contribution in [0.1, 0.15) is 24.1 Å². The zero-order valence-corrected chi connectivity index (χ0v) is 9.77. The summed E-state index contributed by atoms with van der Waals surface area (Å²) in [6, 6.07) is 19.3. The van der Waals surface area contributed by atoms with Gasteiger partial charge in [0.05, 0.1) is 0 Å². The lowest BCUT2D eigenvalue weighted by Crippen LogP contribution is -2.06. The highest BCUT2D eigenvalue weighted by atomic mass is 14.9. The van der Waals surface area contributed by atoms with Crippen molar-refractivity contribution in [3.05, 3.63) is 65.7 Å². The Morgan fingerprint density at radius 2 is 1.69 bits per heavy atom. The van der Waals surface area contributed by atoms with Crippen molar-refractivity contribution in [2.45, 2.75) is 19.9 Å². The maximum atomic E-state index is 3.50. The highest BCUT2D eigenvalue weighted by Gasteiger charge is 2.03. The first-order valence-corrected chi connectivity index (χ1v) is 5.64. The van der Waals surface area contributed by atoms with Gasteiger partial charge in [-0.15, -0.1) is 0 Å². The molecule has 1 atom stereocenters. The second kappa shape index (κ2) is 4.84. The van der Waals surface area contributed by atoms with E-state index in [9.17, 15) is 0 Å². The van der Waals surface area contributed by atoms with Crippen molar-refractivity contribution in [2.24, 2.45) is 0 Å². The van der Waals surface area contributed by atoms with Crippen LogP contribution in [0.3, 0.4) is 0 Å². The van der Waals surface area contributed by atoms with Crippen LogP contribution < -0.4 is 5.32 Å². The standard InChI is InChI=1S/C15H17N/c1-12-7-6-10-15(11-12)16-13(2)14-8-4-3-5-9-14/h3-11,13,16H,1-2H3/t13-/m1/s1. The van der Waals surface area contributed by atoms with Gasteiger partial charge in [0.15, 0.2) is 0 Å². The van der Waals surface area contributed by atoms with Gasteiger partial charge in [-0.25, -0.2) is 0 Å². The molecule has 0 amide bonds. The van der Waals surface area contributed by atoms with Crippen molar-refractivity contribution in [2.75, 3.05) is 5.32 Å². The van der Waals surface area contributed by atoms with Gasteiger partial charge in [0.25, 0.3) is 0 Å². The first-order chi connectivity index (χ1) is 7.75. The molecule has 2 aromatic rings. The molecule has 16 heavy (non-hydrogen) atoms. The molecule has 0 fully saturated rings. The minimum absolute atomic E-state index is 0.336. The predicted molar refractivity (Wildman–Crippen MR) is 69.7 cm³/mol. The monoisotopic (exact) mass is 211 g/mol. The van der Waals surface area contributed by atoms with Gasteiger partial charge < -0.3 is 5.32 Å². The summed E-state index contributed by atoms with van der Waals surface area (Å²) in [4.78, 5) is 0. The van der Waals surface area contributed by atoms with Crippen LogP contribution in [0.5, 0.6) is 0 Å². The molecule has 0 spiro atoms. The summed E-state index contributed by atoms with van der Waals surface area (Å²) in [7, 11) is 0. The van der Waals surface area contributed by atoms with Gasteiger partial charge in [-0.1, -0.05) is 42.5 Å². The van der Waals surface area contributed by atoms with Crippen molar-refractivity contribution in [1.82, 2.24) is 0 Å². The zero-order chi connectivity index (χ0) is 11.4. The summed E-state index contributed by atoms with van der Waals surface area (Å²) in [5.41, 5.74) is 3.77. The van der Waals surface area contributed by atoms with E-state index in [4.69, 9.17) is 0 Å². The van der Waals surface area contributed by atoms with Gasteiger partial charge in [-0.05, 0) is 37.1 Å². The smallest absolute Gasteiger partial charge is 0.0485 e. The Morgan fingerprint density at radius 1 is 0.938 bits per heavy atom. The molecule has 82 valence electrons. The molecule has 1 N–H and O–H groups in total. The van der Waals surface area contributed by atoms with E-state index < -0.39 is 0 Å². The second-order valence-electron chi connectivity index (χ2n) is 4.15. The average molecular weight is 211 g/mol. The van der Waals surface area contributed by atoms with E-state index in [1.54, 1.807) is 0 Å². The number of nitrogens with one attached hydrogen (secondary N) is 1. The van der Waals surface area contributed by atoms with Gasteiger partial charge >= 0.3 is 0 Å². The molecule has 2 aromatic carbocycles. The summed E-state index contributed by atoms with van der Waals surface area (Å²) in [6.45, 7) is 4.29. The Morgan fingerprint density at radius 3 is 2.38 bits per heavy atom. The van der Waals surface area contributed by atoms with Gasteiger partial charge in [0.1, 0.15) is 0 Å². The van der Waals surface area contributed by atoms with Crippen LogP contribution >= 0.6 is 0 Å². The zero-order valence-electron chi connectivity index (χ0n) is 9.77. The highest BCUT2D eigenvalue weighted by Crippen LogP contribution is 2.19. The highest BCUT2D eigenvalue weighted by molar-refractivity contribution is 5.47. The van der Waals surface area contributed by atoms with Crippen LogP contribution in [0.4, 0.5) is 5.69 Å². The second-order valence-corrected chi connectivity index (χ2v) is 4.15. The van der Waals surface area contributed by atoms with Crippen LogP contribution in [-0.4, -0.2) is 0 Å². The van der Waals surface area contributed by atoms with Crippen LogP contribution in [0.25, 0.3) is 0 Å². The molecule has 0 saturated heterocycles. The fourth-order valence-corrected chi connectivity index (χ4v) is 1.81. The molecule has 0 bridgehead atoms. The van der Waals surface area contributed by atoms with Crippen molar-refractivity contribution in [3.8, 4) is 0 Å². The lowest BCUT2D eigenvalue weighted by molar-refractivity contribution is 0.884. The predicted octanol–water partition coefficient (Wildman–Crippen LogP) is 4.17. The van der Waals surface area contributed by atoms with E-state index in [0.717, 1.165) is 0 Å². The van der Waals surface area contributed by atoms with Crippen LogP contribution in [0, 0.1) is 6.92 Å². The molecule has 0 heterocycles. The largest absolute Gasteiger partial charge is 0.379 e. The van der Waals surface area contributed by atoms with Crippen molar-refractivity contribution >= 4 is 5.69 Å². The summed E-state index contributed by atoms with van der Waals surface area (Å²) < 4.78 is 0. The summed E-state index contributed by atoms with van der Waals surface area (Å²) in [6.07, 6.45) is 0. The van der Waals surface area contributed by atoms with Gasteiger partial charge in [-0.3, -0.25) is 0 Å². The maximum absolute atomic E-state index is 3.50. The lowest BCUT2D eigenvalue weighted by Gasteiger charge is -2.15. The van der Waals surface area contributed by atoms with E-state index in [2.05, 4.69) is 67.7 Å². The Labute approximate surface area is 97.1 Å². The van der Waals surface area contributed by atoms with E-state index in [1.165, 1.54) is 16.8 Å². The fraction of sp³-hybridized carbons (Fsp3) is 0.200. The SMILES string of the molecule is Cc1cccc(N[C@H](C)c2ccccc2)c1. The van der Waals surface area contributed by atoms with Crippen molar-refractivity contribution in [1.29, 1.82) is 0 Å². The summed E-state index contributed by atoms with van der Waals surface area (Å²) in [5, 5.41) is 3.50. The molecular weight excluding hydrogens is 194 g/mol. The molecule has 0 radical (unpaired) electrons. The van der Waals surface area contributed by atoms with Crippen LogP contribution in [-0.2, 0) is 0 Å². The van der Waals surface area contributed by atoms with E-state index in [-0.39, 0.29) is 0 Å². The molecule has 0 aliphatic carbocycles. The normalized spacial score (nSPS) is 12.1. The molecule has 0 saturated carbocycles. The topological polar surface area (TPSA) is 12.0 Å². The quantitative estimate of drug-likeness (QED) is 0.803. The summed E-state index contributed by atoms with van der Waals surface area (Å²) >= 11 is 0. The third kappa shape index (κ3) is 2.63. The molecule has 0 aromatic heterocycles. The molecule has 1 nitrogen and oxygen atoms in total. The number of anilines is 1. The maximum Gasteiger partial charge on any atom is 0.0485 e. The number of hydrogen-bond donors (Lipinski definition) is 1. The van der Waals surface area contributed by atoms with Crippen molar-refractivity contribution < 1.29 is 0 Å². The third-order valence-corrected chi connectivity index (χ3v) is 2.70.